The molecule has 6 nitrogen and oxygen atoms in total. The highest BCUT2D eigenvalue weighted by Crippen LogP contribution is 2.26. The standard InChI is InChI=1S/C20H22N4O2/c1-4-26-18-10-9-14-7-5-6-8-15(14)16(18)12-21-24-20-22-17(13(2)3)11-19(25)23-20/h5-13H,4H2,1-3H3,(H2,22,23,24,25)/b21-12-. The molecule has 134 valence electrons. The predicted molar refractivity (Wildman–Crippen MR) is 105 cm³/mol. The van der Waals surface area contributed by atoms with Crippen molar-refractivity contribution in [2.75, 3.05) is 12.0 Å². The van der Waals surface area contributed by atoms with Gasteiger partial charge >= 0.3 is 0 Å². The van der Waals surface area contributed by atoms with Crippen LogP contribution in [0.2, 0.25) is 0 Å². The van der Waals surface area contributed by atoms with E-state index in [-0.39, 0.29) is 11.5 Å². The first-order chi connectivity index (χ1) is 12.6. The number of nitrogens with one attached hydrogen (secondary N) is 2. The van der Waals surface area contributed by atoms with E-state index in [9.17, 15) is 4.79 Å². The molecule has 0 bridgehead atoms. The van der Waals surface area contributed by atoms with Crippen LogP contribution in [0.5, 0.6) is 5.75 Å². The third-order valence-corrected chi connectivity index (χ3v) is 3.95. The average Bonchev–Trinajstić information content (AvgIpc) is 2.63. The Morgan fingerprint density at radius 1 is 1.27 bits per heavy atom. The van der Waals surface area contributed by atoms with E-state index >= 15 is 0 Å². The molecule has 0 amide bonds. The smallest absolute Gasteiger partial charge is 0.252 e. The Bertz CT molecular complexity index is 993. The van der Waals surface area contributed by atoms with Crippen LogP contribution in [0.3, 0.4) is 0 Å². The molecular formula is C20H22N4O2. The molecule has 0 aliphatic carbocycles. The number of hydrogen-bond acceptors (Lipinski definition) is 5. The first-order valence-corrected chi connectivity index (χ1v) is 8.63. The molecule has 1 aromatic heterocycles. The van der Waals surface area contributed by atoms with E-state index in [1.165, 1.54) is 6.07 Å². The minimum absolute atomic E-state index is 0.157. The fraction of sp³-hybridized carbons (Fsp3) is 0.250. The van der Waals surface area contributed by atoms with Gasteiger partial charge in [0.05, 0.1) is 18.5 Å². The summed E-state index contributed by atoms with van der Waals surface area (Å²) in [5.41, 5.74) is 4.19. The average molecular weight is 350 g/mol. The second kappa shape index (κ2) is 7.82. The number of fused-ring (bicyclic) bond motifs is 1. The molecule has 0 aliphatic heterocycles. The summed E-state index contributed by atoms with van der Waals surface area (Å²) >= 11 is 0. The molecule has 0 unspecified atom stereocenters. The maximum Gasteiger partial charge on any atom is 0.252 e. The van der Waals surface area contributed by atoms with E-state index in [2.05, 4.69) is 20.5 Å². The molecule has 26 heavy (non-hydrogen) atoms. The van der Waals surface area contributed by atoms with E-state index in [0.29, 0.717) is 18.2 Å². The summed E-state index contributed by atoms with van der Waals surface area (Å²) in [7, 11) is 0. The lowest BCUT2D eigenvalue weighted by atomic mass is 10.0. The number of nitrogens with zero attached hydrogens (tertiary/aromatic N) is 2. The first-order valence-electron chi connectivity index (χ1n) is 8.63. The topological polar surface area (TPSA) is 79.4 Å². The minimum atomic E-state index is -0.207. The van der Waals surface area contributed by atoms with Crippen LogP contribution in [0.4, 0.5) is 5.95 Å². The molecule has 0 radical (unpaired) electrons. The number of anilines is 1. The zero-order valence-electron chi connectivity index (χ0n) is 15.1. The lowest BCUT2D eigenvalue weighted by molar-refractivity contribution is 0.340. The fourth-order valence-electron chi connectivity index (χ4n) is 2.67. The van der Waals surface area contributed by atoms with Crippen molar-refractivity contribution in [2.24, 2.45) is 5.10 Å². The Kier molecular flexibility index (Phi) is 5.31. The molecular weight excluding hydrogens is 328 g/mol. The maximum atomic E-state index is 11.8. The van der Waals surface area contributed by atoms with Gasteiger partial charge in [0, 0.05) is 11.6 Å². The first kappa shape index (κ1) is 17.7. The zero-order chi connectivity index (χ0) is 18.5. The molecule has 6 heteroatoms. The number of hydrazone groups is 1. The Morgan fingerprint density at radius 2 is 2.08 bits per heavy atom. The van der Waals surface area contributed by atoms with Crippen molar-refractivity contribution in [1.29, 1.82) is 0 Å². The fourth-order valence-corrected chi connectivity index (χ4v) is 2.67. The van der Waals surface area contributed by atoms with Gasteiger partial charge in [0.15, 0.2) is 0 Å². The van der Waals surface area contributed by atoms with Crippen LogP contribution >= 0.6 is 0 Å². The van der Waals surface area contributed by atoms with Gasteiger partial charge < -0.3 is 4.74 Å². The highest BCUT2D eigenvalue weighted by atomic mass is 16.5. The molecule has 2 N–H and O–H groups in total. The van der Waals surface area contributed by atoms with Crippen LogP contribution in [0.25, 0.3) is 10.8 Å². The highest BCUT2D eigenvalue weighted by molar-refractivity contribution is 6.02. The van der Waals surface area contributed by atoms with Crippen molar-refractivity contribution in [1.82, 2.24) is 9.97 Å². The molecule has 1 heterocycles. The quantitative estimate of drug-likeness (QED) is 0.522. The normalized spacial score (nSPS) is 11.4. The summed E-state index contributed by atoms with van der Waals surface area (Å²) in [4.78, 5) is 18.8. The lowest BCUT2D eigenvalue weighted by Gasteiger charge is -2.10. The van der Waals surface area contributed by atoms with Crippen LogP contribution in [-0.2, 0) is 0 Å². The SMILES string of the molecule is CCOc1ccc2ccccc2c1/C=N\Nc1nc(C(C)C)cc(=O)[nH]1. The van der Waals surface area contributed by atoms with Gasteiger partial charge in [0.1, 0.15) is 5.75 Å². The summed E-state index contributed by atoms with van der Waals surface area (Å²) in [6.07, 6.45) is 1.69. The lowest BCUT2D eigenvalue weighted by Crippen LogP contribution is -2.12. The molecule has 0 saturated heterocycles. The number of benzene rings is 2. The van der Waals surface area contributed by atoms with E-state index in [4.69, 9.17) is 4.74 Å². The van der Waals surface area contributed by atoms with Gasteiger partial charge in [-0.15, -0.1) is 0 Å². The second-order valence-corrected chi connectivity index (χ2v) is 6.18. The zero-order valence-corrected chi connectivity index (χ0v) is 15.1. The molecule has 2 aromatic carbocycles. The van der Waals surface area contributed by atoms with Crippen molar-refractivity contribution in [3.8, 4) is 5.75 Å². The Morgan fingerprint density at radius 3 is 2.85 bits per heavy atom. The number of rotatable bonds is 6. The Labute approximate surface area is 151 Å². The van der Waals surface area contributed by atoms with Crippen LogP contribution in [0.1, 0.15) is 37.9 Å². The van der Waals surface area contributed by atoms with Crippen LogP contribution < -0.4 is 15.7 Å². The van der Waals surface area contributed by atoms with Gasteiger partial charge in [-0.25, -0.2) is 10.4 Å². The number of aromatic amines is 1. The number of aromatic nitrogens is 2. The molecule has 3 aromatic rings. The minimum Gasteiger partial charge on any atom is -0.493 e. The largest absolute Gasteiger partial charge is 0.493 e. The van der Waals surface area contributed by atoms with Gasteiger partial charge in [-0.05, 0) is 29.7 Å². The molecule has 0 atom stereocenters. The molecule has 0 fully saturated rings. The third-order valence-electron chi connectivity index (χ3n) is 3.95. The summed E-state index contributed by atoms with van der Waals surface area (Å²) in [5, 5.41) is 6.40. The van der Waals surface area contributed by atoms with Gasteiger partial charge in [0.2, 0.25) is 5.95 Å². The summed E-state index contributed by atoms with van der Waals surface area (Å²) in [6, 6.07) is 13.5. The van der Waals surface area contributed by atoms with Gasteiger partial charge in [-0.1, -0.05) is 44.2 Å². The number of hydrogen-bond donors (Lipinski definition) is 2. The van der Waals surface area contributed by atoms with Crippen molar-refractivity contribution in [3.63, 3.8) is 0 Å². The van der Waals surface area contributed by atoms with Crippen LogP contribution in [0, 0.1) is 0 Å². The third kappa shape index (κ3) is 3.91. The van der Waals surface area contributed by atoms with Crippen LogP contribution in [0.15, 0.2) is 52.4 Å². The van der Waals surface area contributed by atoms with Crippen molar-refractivity contribution >= 4 is 22.9 Å². The number of ether oxygens (including phenoxy) is 1. The molecule has 0 aliphatic rings. The van der Waals surface area contributed by atoms with E-state index in [0.717, 1.165) is 22.1 Å². The summed E-state index contributed by atoms with van der Waals surface area (Å²) in [6.45, 7) is 6.48. The summed E-state index contributed by atoms with van der Waals surface area (Å²) in [5.74, 6) is 1.23. The Hall–Kier alpha value is -3.15. The van der Waals surface area contributed by atoms with Gasteiger partial charge in [-0.3, -0.25) is 9.78 Å². The molecule has 3 rings (SSSR count). The van der Waals surface area contributed by atoms with Gasteiger partial charge in [-0.2, -0.15) is 5.10 Å². The van der Waals surface area contributed by atoms with Crippen LogP contribution in [-0.4, -0.2) is 22.8 Å². The van der Waals surface area contributed by atoms with E-state index in [1.54, 1.807) is 6.21 Å². The highest BCUT2D eigenvalue weighted by Gasteiger charge is 2.07. The maximum absolute atomic E-state index is 11.8. The predicted octanol–water partition coefficient (Wildman–Crippen LogP) is 3.89. The molecule has 0 saturated carbocycles. The van der Waals surface area contributed by atoms with Crippen molar-refractivity contribution in [2.45, 2.75) is 26.7 Å². The number of H-pyrrole nitrogens is 1. The van der Waals surface area contributed by atoms with E-state index < -0.39 is 0 Å². The monoisotopic (exact) mass is 350 g/mol. The van der Waals surface area contributed by atoms with Crippen molar-refractivity contribution < 1.29 is 4.74 Å². The van der Waals surface area contributed by atoms with E-state index in [1.807, 2.05) is 57.2 Å². The Balaban J connectivity index is 1.93. The van der Waals surface area contributed by atoms with Gasteiger partial charge in [0.25, 0.3) is 5.56 Å². The second-order valence-electron chi connectivity index (χ2n) is 6.18. The van der Waals surface area contributed by atoms with Crippen molar-refractivity contribution in [3.05, 3.63) is 64.1 Å². The summed E-state index contributed by atoms with van der Waals surface area (Å²) < 4.78 is 5.73. The molecule has 0 spiro atoms.